The van der Waals surface area contributed by atoms with Crippen molar-refractivity contribution >= 4 is 49.3 Å². The fraction of sp³-hybridized carbons (Fsp3) is 0.0435. The Bertz CT molecular complexity index is 2800. The Labute approximate surface area is 289 Å². The van der Waals surface area contributed by atoms with Gasteiger partial charge < -0.3 is 8.98 Å². The van der Waals surface area contributed by atoms with Crippen LogP contribution in [0.2, 0.25) is 0 Å². The number of para-hydroxylation sites is 1. The number of benzene rings is 6. The lowest BCUT2D eigenvalue weighted by molar-refractivity contribution is 0.668. The van der Waals surface area contributed by atoms with Crippen molar-refractivity contribution in [2.24, 2.45) is 0 Å². The van der Waals surface area contributed by atoms with Crippen LogP contribution in [-0.4, -0.2) is 14.5 Å². The summed E-state index contributed by atoms with van der Waals surface area (Å²) in [7, 11) is 0. The molecule has 0 unspecified atom stereocenters. The molecule has 0 fully saturated rings. The number of aromatic nitrogens is 3. The van der Waals surface area contributed by atoms with E-state index in [9.17, 15) is 0 Å². The number of rotatable bonds is 5. The molecule has 1 aliphatic rings. The van der Waals surface area contributed by atoms with Gasteiger partial charge in [-0.05, 0) is 66.4 Å². The lowest BCUT2D eigenvalue weighted by Crippen LogP contribution is -1.99. The van der Waals surface area contributed by atoms with Gasteiger partial charge in [0.05, 0.1) is 22.4 Å². The van der Waals surface area contributed by atoms with Gasteiger partial charge in [0.2, 0.25) is 0 Å². The second-order valence-corrected chi connectivity index (χ2v) is 12.9. The number of hydrogen-bond acceptors (Lipinski definition) is 3. The minimum atomic E-state index is 0.742. The highest BCUT2D eigenvalue weighted by atomic mass is 16.3. The normalized spacial score (nSPS) is 13.1. The van der Waals surface area contributed by atoms with E-state index in [0.717, 1.165) is 85.4 Å². The Kier molecular flexibility index (Phi) is 6.59. The summed E-state index contributed by atoms with van der Waals surface area (Å²) in [6, 6.07) is 51.3. The Morgan fingerprint density at radius 1 is 0.520 bits per heavy atom. The van der Waals surface area contributed by atoms with Crippen LogP contribution >= 0.6 is 0 Å². The molecule has 0 aliphatic heterocycles. The fourth-order valence-electron chi connectivity index (χ4n) is 7.48. The van der Waals surface area contributed by atoms with E-state index in [2.05, 4.69) is 162 Å². The van der Waals surface area contributed by atoms with Gasteiger partial charge >= 0.3 is 0 Å². The average molecular weight is 642 g/mol. The fourth-order valence-corrected chi connectivity index (χ4v) is 7.48. The molecule has 4 nitrogen and oxygen atoms in total. The Morgan fingerprint density at radius 3 is 2.14 bits per heavy atom. The molecule has 0 spiro atoms. The minimum absolute atomic E-state index is 0.742. The first-order valence-corrected chi connectivity index (χ1v) is 17.1. The van der Waals surface area contributed by atoms with Crippen LogP contribution in [0.1, 0.15) is 18.7 Å². The van der Waals surface area contributed by atoms with Gasteiger partial charge in [-0.2, -0.15) is 0 Å². The van der Waals surface area contributed by atoms with Crippen molar-refractivity contribution in [3.05, 3.63) is 170 Å². The Morgan fingerprint density at radius 2 is 1.30 bits per heavy atom. The van der Waals surface area contributed by atoms with E-state index in [1.807, 2.05) is 6.07 Å². The van der Waals surface area contributed by atoms with Crippen molar-refractivity contribution < 1.29 is 4.42 Å². The SMILES string of the molecule is C1=CC(c2nc(-c3ccccc3)cc(-c3cccc4oc5cc(-n6c7ccccc7c7cc(-c8ccccc8)ccc76)ccc5c34)n2)=CCC1. The van der Waals surface area contributed by atoms with Gasteiger partial charge in [0.25, 0.3) is 0 Å². The van der Waals surface area contributed by atoms with Crippen LogP contribution < -0.4 is 0 Å². The van der Waals surface area contributed by atoms with Crippen LogP contribution in [0.5, 0.6) is 0 Å². The highest BCUT2D eigenvalue weighted by Crippen LogP contribution is 2.40. The van der Waals surface area contributed by atoms with E-state index in [-0.39, 0.29) is 0 Å². The van der Waals surface area contributed by atoms with E-state index in [4.69, 9.17) is 14.4 Å². The minimum Gasteiger partial charge on any atom is -0.456 e. The predicted octanol–water partition coefficient (Wildman–Crippen LogP) is 12.2. The number of furan rings is 1. The van der Waals surface area contributed by atoms with E-state index in [1.54, 1.807) is 0 Å². The maximum absolute atomic E-state index is 6.64. The number of nitrogens with zero attached hydrogens (tertiary/aromatic N) is 3. The van der Waals surface area contributed by atoms with Crippen LogP contribution in [-0.2, 0) is 0 Å². The van der Waals surface area contributed by atoms with Gasteiger partial charge in [0.15, 0.2) is 5.82 Å². The predicted molar refractivity (Wildman–Crippen MR) is 206 cm³/mol. The Hall–Kier alpha value is -6.52. The molecule has 3 heterocycles. The summed E-state index contributed by atoms with van der Waals surface area (Å²) in [5.74, 6) is 0.742. The van der Waals surface area contributed by atoms with E-state index in [1.165, 1.54) is 21.9 Å². The largest absolute Gasteiger partial charge is 0.456 e. The maximum atomic E-state index is 6.64. The van der Waals surface area contributed by atoms with Gasteiger partial charge in [-0.1, -0.05) is 115 Å². The molecule has 0 amide bonds. The molecule has 10 rings (SSSR count). The monoisotopic (exact) mass is 641 g/mol. The second kappa shape index (κ2) is 11.6. The van der Waals surface area contributed by atoms with Crippen molar-refractivity contribution in [1.82, 2.24) is 14.5 Å². The zero-order valence-electron chi connectivity index (χ0n) is 27.3. The molecule has 0 bridgehead atoms. The molecule has 0 atom stereocenters. The molecule has 236 valence electrons. The molecule has 0 N–H and O–H groups in total. The standard InChI is InChI=1S/C46H31N3O/c1-4-13-30(14-5-1)33-23-26-42-38(27-33)35-19-10-11-21-41(35)49(42)34-24-25-37-44(28-34)50-43-22-12-20-36(45(37)43)40-29-39(31-15-6-2-7-16-31)47-46(48-40)32-17-8-3-9-18-32/h1-2,4-8,10-29H,3,9H2. The smallest absolute Gasteiger partial charge is 0.160 e. The van der Waals surface area contributed by atoms with Crippen molar-refractivity contribution in [3.8, 4) is 39.3 Å². The number of fused-ring (bicyclic) bond motifs is 6. The lowest BCUT2D eigenvalue weighted by Gasteiger charge is -2.12. The molecule has 9 aromatic rings. The summed E-state index contributed by atoms with van der Waals surface area (Å²) in [5.41, 5.74) is 12.4. The molecule has 50 heavy (non-hydrogen) atoms. The first-order valence-electron chi connectivity index (χ1n) is 17.1. The van der Waals surface area contributed by atoms with Crippen molar-refractivity contribution in [2.45, 2.75) is 12.8 Å². The molecule has 0 saturated carbocycles. The molecule has 1 aliphatic carbocycles. The third kappa shape index (κ3) is 4.68. The van der Waals surface area contributed by atoms with Gasteiger partial charge in [0.1, 0.15) is 11.2 Å². The highest BCUT2D eigenvalue weighted by Gasteiger charge is 2.19. The molecule has 0 saturated heterocycles. The summed E-state index contributed by atoms with van der Waals surface area (Å²) in [6.45, 7) is 0. The summed E-state index contributed by atoms with van der Waals surface area (Å²) in [5, 5.41) is 4.57. The van der Waals surface area contributed by atoms with E-state index in [0.29, 0.717) is 0 Å². The van der Waals surface area contributed by atoms with Crippen LogP contribution in [0.15, 0.2) is 168 Å². The maximum Gasteiger partial charge on any atom is 0.160 e. The third-order valence-corrected chi connectivity index (χ3v) is 9.84. The molecular formula is C46H31N3O. The topological polar surface area (TPSA) is 43.9 Å². The number of hydrogen-bond donors (Lipinski definition) is 0. The van der Waals surface area contributed by atoms with Gasteiger partial charge in [-0.15, -0.1) is 0 Å². The van der Waals surface area contributed by atoms with Gasteiger partial charge in [0, 0.05) is 50.0 Å². The molecule has 3 aromatic heterocycles. The van der Waals surface area contributed by atoms with Crippen LogP contribution in [0.4, 0.5) is 0 Å². The Balaban J connectivity index is 1.15. The van der Waals surface area contributed by atoms with Gasteiger partial charge in [-0.25, -0.2) is 9.97 Å². The second-order valence-electron chi connectivity index (χ2n) is 12.9. The first-order chi connectivity index (χ1) is 24.8. The van der Waals surface area contributed by atoms with Crippen LogP contribution in [0.25, 0.3) is 88.6 Å². The van der Waals surface area contributed by atoms with E-state index >= 15 is 0 Å². The lowest BCUT2D eigenvalue weighted by atomic mass is 10.0. The molecule has 4 heteroatoms. The molecule has 0 radical (unpaired) electrons. The highest BCUT2D eigenvalue weighted by molar-refractivity contribution is 6.14. The third-order valence-electron chi connectivity index (χ3n) is 9.84. The summed E-state index contributed by atoms with van der Waals surface area (Å²) >= 11 is 0. The van der Waals surface area contributed by atoms with Gasteiger partial charge in [-0.3, -0.25) is 0 Å². The summed E-state index contributed by atoms with van der Waals surface area (Å²) in [4.78, 5) is 10.2. The van der Waals surface area contributed by atoms with Crippen molar-refractivity contribution in [2.75, 3.05) is 0 Å². The molecule has 6 aromatic carbocycles. The van der Waals surface area contributed by atoms with Crippen LogP contribution in [0.3, 0.4) is 0 Å². The summed E-state index contributed by atoms with van der Waals surface area (Å²) < 4.78 is 8.98. The quantitative estimate of drug-likeness (QED) is 0.188. The zero-order valence-corrected chi connectivity index (χ0v) is 27.3. The zero-order chi connectivity index (χ0) is 33.0. The molecular weight excluding hydrogens is 611 g/mol. The number of allylic oxidation sites excluding steroid dienone is 4. The van der Waals surface area contributed by atoms with Crippen molar-refractivity contribution in [3.63, 3.8) is 0 Å². The average Bonchev–Trinajstić information content (AvgIpc) is 3.74. The van der Waals surface area contributed by atoms with E-state index < -0.39 is 0 Å². The first kappa shape index (κ1) is 28.5. The van der Waals surface area contributed by atoms with Crippen LogP contribution in [0, 0.1) is 0 Å². The van der Waals surface area contributed by atoms with Crippen molar-refractivity contribution in [1.29, 1.82) is 0 Å². The summed E-state index contributed by atoms with van der Waals surface area (Å²) in [6.07, 6.45) is 8.62.